The van der Waals surface area contributed by atoms with Crippen molar-refractivity contribution in [2.75, 3.05) is 25.1 Å². The SMILES string of the molecule is COC(=O)C/C(=N/Nc1cc(N/N=C(/CC(=O)OC)c2ccccc2Oc2ccccc2)c([N+](=O)[O-])cc1[N+](=O)[O-])c1ccccc1Oc1ccccc1. The molecule has 2 N–H and O–H groups in total. The molecule has 0 aromatic heterocycles. The fourth-order valence-corrected chi connectivity index (χ4v) is 4.94. The van der Waals surface area contributed by atoms with E-state index in [1.807, 2.05) is 12.1 Å². The fourth-order valence-electron chi connectivity index (χ4n) is 4.94. The normalized spacial score (nSPS) is 11.2. The third-order valence-corrected chi connectivity index (χ3v) is 7.55. The number of benzene rings is 5. The topological polar surface area (TPSA) is 206 Å². The molecule has 0 saturated heterocycles. The highest BCUT2D eigenvalue weighted by molar-refractivity contribution is 6.12. The molecule has 0 aliphatic carbocycles. The molecular weight excluding hydrogens is 700 g/mol. The van der Waals surface area contributed by atoms with E-state index >= 15 is 0 Å². The number of nitrogens with zero attached hydrogens (tertiary/aromatic N) is 4. The number of nitro groups is 2. The van der Waals surface area contributed by atoms with Crippen LogP contribution < -0.4 is 20.3 Å². The number of carbonyl (C=O) groups is 2. The molecule has 0 aliphatic heterocycles. The summed E-state index contributed by atoms with van der Waals surface area (Å²) in [5.41, 5.74) is 4.05. The van der Waals surface area contributed by atoms with E-state index in [9.17, 15) is 29.8 Å². The summed E-state index contributed by atoms with van der Waals surface area (Å²) in [7, 11) is 2.39. The lowest BCUT2D eigenvalue weighted by Crippen LogP contribution is -2.14. The van der Waals surface area contributed by atoms with Gasteiger partial charge in [-0.25, -0.2) is 0 Å². The highest BCUT2D eigenvalue weighted by Gasteiger charge is 2.26. The first-order valence-electron chi connectivity index (χ1n) is 16.1. The van der Waals surface area contributed by atoms with Gasteiger partial charge in [0.05, 0.1) is 54.4 Å². The van der Waals surface area contributed by atoms with Crippen molar-refractivity contribution in [1.29, 1.82) is 0 Å². The van der Waals surface area contributed by atoms with Crippen molar-refractivity contribution in [3.63, 3.8) is 0 Å². The predicted molar refractivity (Wildman–Crippen MR) is 199 cm³/mol. The van der Waals surface area contributed by atoms with E-state index in [4.69, 9.17) is 18.9 Å². The summed E-state index contributed by atoms with van der Waals surface area (Å²) in [5, 5.41) is 33.0. The lowest BCUT2D eigenvalue weighted by Gasteiger charge is -2.14. The number of para-hydroxylation sites is 4. The minimum atomic E-state index is -0.829. The minimum absolute atomic E-state index is 0.0731. The summed E-state index contributed by atoms with van der Waals surface area (Å²) in [4.78, 5) is 47.7. The lowest BCUT2D eigenvalue weighted by atomic mass is 10.1. The Morgan fingerprint density at radius 1 is 0.574 bits per heavy atom. The molecule has 0 atom stereocenters. The van der Waals surface area contributed by atoms with Gasteiger partial charge in [0.1, 0.15) is 34.4 Å². The third-order valence-electron chi connectivity index (χ3n) is 7.55. The number of hydrogen-bond donors (Lipinski definition) is 2. The van der Waals surface area contributed by atoms with Gasteiger partial charge in [-0.2, -0.15) is 10.2 Å². The van der Waals surface area contributed by atoms with Crippen molar-refractivity contribution < 1.29 is 38.4 Å². The molecule has 5 aromatic rings. The van der Waals surface area contributed by atoms with Gasteiger partial charge in [0.15, 0.2) is 0 Å². The predicted octanol–water partition coefficient (Wildman–Crippen LogP) is 7.85. The first-order chi connectivity index (χ1) is 26.2. The first kappa shape index (κ1) is 37.6. The average Bonchev–Trinajstić information content (AvgIpc) is 3.18. The number of carbonyl (C=O) groups excluding carboxylic acids is 2. The summed E-state index contributed by atoms with van der Waals surface area (Å²) in [6.07, 6.45) is -0.758. The molecule has 16 heteroatoms. The number of hydrazone groups is 2. The van der Waals surface area contributed by atoms with Crippen LogP contribution in [0.5, 0.6) is 23.0 Å². The van der Waals surface area contributed by atoms with Crippen molar-refractivity contribution in [3.8, 4) is 23.0 Å². The summed E-state index contributed by atoms with van der Waals surface area (Å²) in [5.74, 6) is 0.288. The largest absolute Gasteiger partial charge is 0.469 e. The highest BCUT2D eigenvalue weighted by Crippen LogP contribution is 2.37. The number of methoxy groups -OCH3 is 2. The maximum atomic E-state index is 12.5. The zero-order chi connectivity index (χ0) is 38.5. The van der Waals surface area contributed by atoms with E-state index in [1.54, 1.807) is 97.1 Å². The van der Waals surface area contributed by atoms with E-state index in [2.05, 4.69) is 21.1 Å². The lowest BCUT2D eigenvalue weighted by molar-refractivity contribution is -0.393. The molecule has 54 heavy (non-hydrogen) atoms. The molecule has 16 nitrogen and oxygen atoms in total. The van der Waals surface area contributed by atoms with Crippen LogP contribution in [0.3, 0.4) is 0 Å². The maximum Gasteiger partial charge on any atom is 0.311 e. The standard InChI is InChI=1S/C38H32N6O10/c1-51-37(45)22-29(27-17-9-11-19-35(27)53-25-13-5-3-6-14-25)39-41-31-21-32(34(44(49)50)24-33(31)43(47)48)42-40-30(23-38(46)52-2)28-18-10-12-20-36(28)54-26-15-7-4-8-16-26/h3-21,24,41-42H,22-23H2,1-2H3/b39-29-,40-30-. The second-order valence-electron chi connectivity index (χ2n) is 11.1. The Hall–Kier alpha value is -7.62. The van der Waals surface area contributed by atoms with E-state index < -0.39 is 33.2 Å². The Labute approximate surface area is 307 Å². The zero-order valence-corrected chi connectivity index (χ0v) is 28.8. The summed E-state index contributed by atoms with van der Waals surface area (Å²) < 4.78 is 21.8. The quantitative estimate of drug-likeness (QED) is 0.0430. The summed E-state index contributed by atoms with van der Waals surface area (Å²) in [6.45, 7) is 0. The Bertz CT molecular complexity index is 2060. The van der Waals surface area contributed by atoms with Crippen LogP contribution in [-0.4, -0.2) is 47.4 Å². The van der Waals surface area contributed by atoms with E-state index in [-0.39, 0.29) is 35.6 Å². The van der Waals surface area contributed by atoms with Gasteiger partial charge in [-0.1, -0.05) is 60.7 Å². The first-order valence-corrected chi connectivity index (χ1v) is 16.1. The molecule has 0 radical (unpaired) electrons. The number of nitrogens with one attached hydrogen (secondary N) is 2. The van der Waals surface area contributed by atoms with Crippen molar-refractivity contribution >= 4 is 46.1 Å². The van der Waals surface area contributed by atoms with Gasteiger partial charge >= 0.3 is 23.3 Å². The Morgan fingerprint density at radius 2 is 0.944 bits per heavy atom. The van der Waals surface area contributed by atoms with Crippen LogP contribution in [-0.2, 0) is 19.1 Å². The van der Waals surface area contributed by atoms with Gasteiger partial charge in [0, 0.05) is 17.2 Å². The van der Waals surface area contributed by atoms with E-state index in [0.29, 0.717) is 34.1 Å². The highest BCUT2D eigenvalue weighted by atomic mass is 16.6. The van der Waals surface area contributed by atoms with Gasteiger partial charge in [0.25, 0.3) is 0 Å². The van der Waals surface area contributed by atoms with Crippen LogP contribution in [0.4, 0.5) is 22.7 Å². The van der Waals surface area contributed by atoms with E-state index in [1.165, 1.54) is 14.2 Å². The number of ether oxygens (including phenoxy) is 4. The molecule has 0 spiro atoms. The molecule has 0 bridgehead atoms. The molecule has 0 unspecified atom stereocenters. The van der Waals surface area contributed by atoms with Gasteiger partial charge in [-0.05, 0) is 48.5 Å². The molecule has 0 heterocycles. The van der Waals surface area contributed by atoms with Crippen LogP contribution in [0, 0.1) is 20.2 Å². The van der Waals surface area contributed by atoms with Crippen molar-refractivity contribution in [2.24, 2.45) is 10.2 Å². The zero-order valence-electron chi connectivity index (χ0n) is 28.8. The van der Waals surface area contributed by atoms with Crippen LogP contribution in [0.1, 0.15) is 24.0 Å². The van der Waals surface area contributed by atoms with Crippen molar-refractivity contribution in [2.45, 2.75) is 12.8 Å². The van der Waals surface area contributed by atoms with Crippen LogP contribution in [0.2, 0.25) is 0 Å². The molecule has 0 saturated carbocycles. The number of anilines is 2. The molecular formula is C38H32N6O10. The molecule has 0 aliphatic rings. The number of nitro benzene ring substituents is 2. The Morgan fingerprint density at radius 3 is 1.31 bits per heavy atom. The van der Waals surface area contributed by atoms with Crippen molar-refractivity contribution in [3.05, 3.63) is 153 Å². The minimum Gasteiger partial charge on any atom is -0.469 e. The van der Waals surface area contributed by atoms with E-state index in [0.717, 1.165) is 12.1 Å². The Kier molecular flexibility index (Phi) is 12.6. The Balaban J connectivity index is 1.57. The number of hydrogen-bond acceptors (Lipinski definition) is 14. The van der Waals surface area contributed by atoms with Crippen LogP contribution in [0.15, 0.2) is 132 Å². The van der Waals surface area contributed by atoms with Crippen molar-refractivity contribution in [1.82, 2.24) is 0 Å². The summed E-state index contributed by atoms with van der Waals surface area (Å²) >= 11 is 0. The molecule has 5 rings (SSSR count). The van der Waals surface area contributed by atoms with Gasteiger partial charge in [0.2, 0.25) is 0 Å². The molecule has 274 valence electrons. The monoisotopic (exact) mass is 732 g/mol. The molecule has 0 fully saturated rings. The van der Waals surface area contributed by atoms with Gasteiger partial charge < -0.3 is 18.9 Å². The average molecular weight is 733 g/mol. The summed E-state index contributed by atoms with van der Waals surface area (Å²) in [6, 6.07) is 32.8. The van der Waals surface area contributed by atoms with Crippen LogP contribution >= 0.6 is 0 Å². The number of rotatable bonds is 16. The maximum absolute atomic E-state index is 12.5. The second-order valence-corrected chi connectivity index (χ2v) is 11.1. The third kappa shape index (κ3) is 9.79. The van der Waals surface area contributed by atoms with Gasteiger partial charge in [-0.15, -0.1) is 0 Å². The van der Waals surface area contributed by atoms with Gasteiger partial charge in [-0.3, -0.25) is 40.7 Å². The van der Waals surface area contributed by atoms with Crippen LogP contribution in [0.25, 0.3) is 0 Å². The second kappa shape index (κ2) is 18.0. The molecule has 5 aromatic carbocycles. The molecule has 0 amide bonds. The smallest absolute Gasteiger partial charge is 0.311 e. The number of esters is 2. The fraction of sp³-hybridized carbons (Fsp3) is 0.105.